The van der Waals surface area contributed by atoms with E-state index in [1.165, 1.54) is 6.20 Å². The average Bonchev–Trinajstić information content (AvgIpc) is 2.46. The van der Waals surface area contributed by atoms with Crippen molar-refractivity contribution in [2.45, 2.75) is 0 Å². The minimum atomic E-state index is -0.585. The van der Waals surface area contributed by atoms with Gasteiger partial charge in [0.2, 0.25) is 0 Å². The van der Waals surface area contributed by atoms with Gasteiger partial charge in [0.05, 0.1) is 0 Å². The predicted molar refractivity (Wildman–Crippen MR) is 80.1 cm³/mol. The molecule has 1 amide bonds. The van der Waals surface area contributed by atoms with Gasteiger partial charge in [-0.3, -0.25) is 9.78 Å². The van der Waals surface area contributed by atoms with Crippen LogP contribution >= 0.6 is 0 Å². The van der Waals surface area contributed by atoms with Gasteiger partial charge in [0.1, 0.15) is 5.69 Å². The first-order valence-electron chi connectivity index (χ1n) is 6.26. The van der Waals surface area contributed by atoms with Crippen LogP contribution in [0, 0.1) is 0 Å². The van der Waals surface area contributed by atoms with Crippen molar-refractivity contribution in [1.29, 1.82) is 0 Å². The number of nitrogen functional groups attached to an aromatic ring is 1. The summed E-state index contributed by atoms with van der Waals surface area (Å²) in [7, 11) is 0. The number of anilines is 2. The molecule has 0 unspecified atom stereocenters. The van der Waals surface area contributed by atoms with Crippen molar-refractivity contribution in [2.24, 2.45) is 5.73 Å². The minimum absolute atomic E-state index is 0.192. The van der Waals surface area contributed by atoms with Crippen LogP contribution in [-0.2, 0) is 0 Å². The molecule has 0 spiro atoms. The number of hydrogen-bond donors (Lipinski definition) is 3. The van der Waals surface area contributed by atoms with Crippen LogP contribution in [0.15, 0.2) is 36.5 Å². The Balaban J connectivity index is 2.19. The van der Waals surface area contributed by atoms with Gasteiger partial charge in [0.15, 0.2) is 0 Å². The summed E-state index contributed by atoms with van der Waals surface area (Å²) in [6, 6.07) is 7.50. The lowest BCUT2D eigenvalue weighted by Crippen LogP contribution is -2.15. The molecule has 1 aliphatic heterocycles. The Morgan fingerprint density at radius 3 is 2.95 bits per heavy atom. The monoisotopic (exact) mass is 266 g/mol. The zero-order valence-electron chi connectivity index (χ0n) is 10.8. The van der Waals surface area contributed by atoms with E-state index in [1.54, 1.807) is 6.07 Å². The van der Waals surface area contributed by atoms with E-state index in [4.69, 9.17) is 11.5 Å². The van der Waals surface area contributed by atoms with Gasteiger partial charge >= 0.3 is 0 Å². The van der Waals surface area contributed by atoms with Gasteiger partial charge in [-0.2, -0.15) is 0 Å². The second-order valence-electron chi connectivity index (χ2n) is 4.57. The number of nitrogens with zero attached hydrogens (tertiary/aromatic N) is 1. The minimum Gasteiger partial charge on any atom is -0.398 e. The Morgan fingerprint density at radius 1 is 1.30 bits per heavy atom. The molecule has 0 saturated carbocycles. The molecule has 0 saturated heterocycles. The summed E-state index contributed by atoms with van der Waals surface area (Å²) in [6.07, 6.45) is 5.55. The summed E-state index contributed by atoms with van der Waals surface area (Å²) in [6.45, 7) is 0.813. The zero-order chi connectivity index (χ0) is 14.1. The fraction of sp³-hybridized carbons (Fsp3) is 0.0667. The third-order valence-corrected chi connectivity index (χ3v) is 3.26. The van der Waals surface area contributed by atoms with E-state index >= 15 is 0 Å². The summed E-state index contributed by atoms with van der Waals surface area (Å²) < 4.78 is 0. The molecule has 100 valence electrons. The maximum absolute atomic E-state index is 11.5. The van der Waals surface area contributed by atoms with Crippen molar-refractivity contribution in [3.63, 3.8) is 0 Å². The molecule has 2 aromatic rings. The second kappa shape index (κ2) is 4.70. The van der Waals surface area contributed by atoms with E-state index in [-0.39, 0.29) is 5.69 Å². The Morgan fingerprint density at radius 2 is 2.15 bits per heavy atom. The van der Waals surface area contributed by atoms with Gasteiger partial charge in [-0.25, -0.2) is 0 Å². The molecule has 1 aliphatic rings. The fourth-order valence-corrected chi connectivity index (χ4v) is 2.34. The molecular weight excluding hydrogens is 252 g/mol. The van der Waals surface area contributed by atoms with E-state index in [0.29, 0.717) is 11.3 Å². The lowest BCUT2D eigenvalue weighted by atomic mass is 9.97. The van der Waals surface area contributed by atoms with E-state index in [0.717, 1.165) is 23.4 Å². The first-order chi connectivity index (χ1) is 9.66. The number of carbonyl (C=O) groups is 1. The third kappa shape index (κ3) is 1.99. The SMILES string of the molecule is NC(=O)c1nccc(N)c1-c1ccc2c(c1)C=CCN2. The van der Waals surface area contributed by atoms with Crippen LogP contribution in [0.5, 0.6) is 0 Å². The molecule has 20 heavy (non-hydrogen) atoms. The molecule has 0 fully saturated rings. The number of primary amides is 1. The molecule has 1 aromatic heterocycles. The number of nitrogens with two attached hydrogens (primary N) is 2. The Labute approximate surface area is 116 Å². The quantitative estimate of drug-likeness (QED) is 0.773. The highest BCUT2D eigenvalue weighted by molar-refractivity contribution is 6.01. The maximum atomic E-state index is 11.5. The van der Waals surface area contributed by atoms with E-state index < -0.39 is 5.91 Å². The number of fused-ring (bicyclic) bond motifs is 1. The Kier molecular flexibility index (Phi) is 2.87. The normalized spacial score (nSPS) is 12.6. The van der Waals surface area contributed by atoms with E-state index in [2.05, 4.69) is 10.3 Å². The van der Waals surface area contributed by atoms with Crippen molar-refractivity contribution >= 4 is 23.4 Å². The summed E-state index contributed by atoms with van der Waals surface area (Å²) >= 11 is 0. The molecule has 5 N–H and O–H groups in total. The molecule has 0 radical (unpaired) electrons. The highest BCUT2D eigenvalue weighted by atomic mass is 16.1. The molecule has 0 bridgehead atoms. The highest BCUT2D eigenvalue weighted by Gasteiger charge is 2.16. The average molecular weight is 266 g/mol. The van der Waals surface area contributed by atoms with Crippen LogP contribution in [0.4, 0.5) is 11.4 Å². The van der Waals surface area contributed by atoms with Gasteiger partial charge < -0.3 is 16.8 Å². The number of nitrogens with one attached hydrogen (secondary N) is 1. The maximum Gasteiger partial charge on any atom is 0.268 e. The number of benzene rings is 1. The largest absolute Gasteiger partial charge is 0.398 e. The summed E-state index contributed by atoms with van der Waals surface area (Å²) in [4.78, 5) is 15.6. The zero-order valence-corrected chi connectivity index (χ0v) is 10.8. The first-order valence-corrected chi connectivity index (χ1v) is 6.26. The number of hydrogen-bond acceptors (Lipinski definition) is 4. The van der Waals surface area contributed by atoms with Gasteiger partial charge in [-0.1, -0.05) is 18.2 Å². The highest BCUT2D eigenvalue weighted by Crippen LogP contribution is 2.32. The van der Waals surface area contributed by atoms with Crippen LogP contribution in [0.2, 0.25) is 0 Å². The van der Waals surface area contributed by atoms with Crippen molar-refractivity contribution in [1.82, 2.24) is 4.98 Å². The number of amides is 1. The number of rotatable bonds is 2. The van der Waals surface area contributed by atoms with Crippen molar-refractivity contribution in [3.05, 3.63) is 47.8 Å². The molecular formula is C15H14N4O. The summed E-state index contributed by atoms with van der Waals surface area (Å²) in [5.41, 5.74) is 15.6. The van der Waals surface area contributed by atoms with Gasteiger partial charge in [-0.05, 0) is 29.3 Å². The van der Waals surface area contributed by atoms with Gasteiger partial charge in [0.25, 0.3) is 5.91 Å². The number of aromatic nitrogens is 1. The van der Waals surface area contributed by atoms with Gasteiger partial charge in [0, 0.05) is 29.7 Å². The van der Waals surface area contributed by atoms with Crippen LogP contribution in [0.25, 0.3) is 17.2 Å². The molecule has 2 heterocycles. The number of carbonyl (C=O) groups excluding carboxylic acids is 1. The Bertz CT molecular complexity index is 722. The van der Waals surface area contributed by atoms with Crippen LogP contribution < -0.4 is 16.8 Å². The number of pyridine rings is 1. The van der Waals surface area contributed by atoms with E-state index in [9.17, 15) is 4.79 Å². The molecule has 5 nitrogen and oxygen atoms in total. The standard InChI is InChI=1S/C15H14N4O/c16-11-5-7-19-14(15(17)20)13(11)10-3-4-12-9(8-10)2-1-6-18-12/h1-5,7-8,18H,6H2,(H2,16,19)(H2,17,20). The molecule has 5 heteroatoms. The van der Waals surface area contributed by atoms with Crippen molar-refractivity contribution < 1.29 is 4.79 Å². The van der Waals surface area contributed by atoms with Crippen molar-refractivity contribution in [2.75, 3.05) is 17.6 Å². The smallest absolute Gasteiger partial charge is 0.268 e. The molecule has 3 rings (SSSR count). The Hall–Kier alpha value is -2.82. The van der Waals surface area contributed by atoms with Crippen LogP contribution in [-0.4, -0.2) is 17.4 Å². The lowest BCUT2D eigenvalue weighted by Gasteiger charge is -2.15. The topological polar surface area (TPSA) is 94.0 Å². The molecule has 1 aromatic carbocycles. The second-order valence-corrected chi connectivity index (χ2v) is 4.57. The predicted octanol–water partition coefficient (Wildman–Crippen LogP) is 1.87. The van der Waals surface area contributed by atoms with E-state index in [1.807, 2.05) is 30.4 Å². The lowest BCUT2D eigenvalue weighted by molar-refractivity contribution is 0.0996. The van der Waals surface area contributed by atoms with Crippen LogP contribution in [0.1, 0.15) is 16.1 Å². The van der Waals surface area contributed by atoms with Crippen molar-refractivity contribution in [3.8, 4) is 11.1 Å². The van der Waals surface area contributed by atoms with Crippen LogP contribution in [0.3, 0.4) is 0 Å². The fourth-order valence-electron chi connectivity index (χ4n) is 2.34. The molecule has 0 atom stereocenters. The summed E-state index contributed by atoms with van der Waals surface area (Å²) in [5.74, 6) is -0.585. The third-order valence-electron chi connectivity index (χ3n) is 3.26. The first kappa shape index (κ1) is 12.2. The van der Waals surface area contributed by atoms with Gasteiger partial charge in [-0.15, -0.1) is 0 Å². The summed E-state index contributed by atoms with van der Waals surface area (Å²) in [5, 5.41) is 3.27. The molecule has 0 aliphatic carbocycles.